The van der Waals surface area contributed by atoms with E-state index >= 15 is 0 Å². The number of nitrogens with zero attached hydrogens (tertiary/aromatic N) is 2. The lowest BCUT2D eigenvalue weighted by atomic mass is 10.2. The van der Waals surface area contributed by atoms with Crippen LogP contribution in [0.1, 0.15) is 13.3 Å². The van der Waals surface area contributed by atoms with Crippen molar-refractivity contribution in [2.75, 3.05) is 37.7 Å². The molecule has 2 atom stereocenters. The first-order valence-electron chi connectivity index (χ1n) is 6.54. The summed E-state index contributed by atoms with van der Waals surface area (Å²) in [4.78, 5) is 26.9. The molecule has 2 unspecified atom stereocenters. The number of rotatable bonds is 2. The van der Waals surface area contributed by atoms with Gasteiger partial charge in [0.1, 0.15) is 0 Å². The van der Waals surface area contributed by atoms with E-state index in [9.17, 15) is 9.59 Å². The van der Waals surface area contributed by atoms with Crippen LogP contribution in [0.2, 0.25) is 0 Å². The molecule has 2 aliphatic heterocycles. The second-order valence-electron chi connectivity index (χ2n) is 4.93. The minimum Gasteiger partial charge on any atom is -0.481 e. The zero-order valence-corrected chi connectivity index (χ0v) is 11.9. The van der Waals surface area contributed by atoms with Crippen molar-refractivity contribution in [3.63, 3.8) is 0 Å². The summed E-state index contributed by atoms with van der Waals surface area (Å²) >= 11 is 1.71. The molecule has 7 heteroatoms. The highest BCUT2D eigenvalue weighted by Crippen LogP contribution is 2.21. The number of carboxylic acids is 1. The van der Waals surface area contributed by atoms with Crippen LogP contribution in [0.25, 0.3) is 0 Å². The molecule has 2 rings (SSSR count). The smallest absolute Gasteiger partial charge is 0.320 e. The van der Waals surface area contributed by atoms with Gasteiger partial charge in [0, 0.05) is 31.1 Å². The van der Waals surface area contributed by atoms with Crippen molar-refractivity contribution >= 4 is 23.8 Å². The van der Waals surface area contributed by atoms with Gasteiger partial charge in [-0.1, -0.05) is 0 Å². The van der Waals surface area contributed by atoms with Crippen LogP contribution in [0.4, 0.5) is 4.79 Å². The summed E-state index contributed by atoms with van der Waals surface area (Å²) in [6.45, 7) is 4.31. The van der Waals surface area contributed by atoms with Crippen LogP contribution in [0.5, 0.6) is 0 Å². The quantitative estimate of drug-likeness (QED) is 0.811. The topological polar surface area (TPSA) is 70.1 Å². The molecular formula is C12H20N2O4S. The third-order valence-corrected chi connectivity index (χ3v) is 4.49. The molecule has 2 amide bonds. The molecule has 2 saturated heterocycles. The summed E-state index contributed by atoms with van der Waals surface area (Å²) < 4.78 is 5.43. The van der Waals surface area contributed by atoms with Gasteiger partial charge in [0.15, 0.2) is 0 Å². The summed E-state index contributed by atoms with van der Waals surface area (Å²) in [5.74, 6) is 0.736. The van der Waals surface area contributed by atoms with Crippen LogP contribution in [-0.2, 0) is 9.53 Å². The lowest BCUT2D eigenvalue weighted by Gasteiger charge is -2.40. The van der Waals surface area contributed by atoms with E-state index in [-0.39, 0.29) is 24.6 Å². The van der Waals surface area contributed by atoms with Gasteiger partial charge < -0.3 is 19.6 Å². The van der Waals surface area contributed by atoms with Crippen molar-refractivity contribution in [3.05, 3.63) is 0 Å². The molecule has 2 fully saturated rings. The predicted octanol–water partition coefficient (Wildman–Crippen LogP) is 0.719. The number of carbonyl (C=O) groups is 2. The van der Waals surface area contributed by atoms with E-state index in [2.05, 4.69) is 0 Å². The number of urea groups is 1. The molecule has 0 aromatic heterocycles. The van der Waals surface area contributed by atoms with Crippen LogP contribution < -0.4 is 0 Å². The Hall–Kier alpha value is -0.950. The van der Waals surface area contributed by atoms with Crippen LogP contribution >= 0.6 is 11.8 Å². The van der Waals surface area contributed by atoms with E-state index in [0.717, 1.165) is 5.75 Å². The molecule has 0 aliphatic carbocycles. The van der Waals surface area contributed by atoms with Gasteiger partial charge in [-0.05, 0) is 6.92 Å². The number of hydrogen-bond acceptors (Lipinski definition) is 4. The molecule has 108 valence electrons. The summed E-state index contributed by atoms with van der Waals surface area (Å²) in [5.41, 5.74) is 0. The largest absolute Gasteiger partial charge is 0.481 e. The molecule has 0 bridgehead atoms. The summed E-state index contributed by atoms with van der Waals surface area (Å²) in [5, 5.41) is 8.94. The Morgan fingerprint density at radius 3 is 2.89 bits per heavy atom. The zero-order chi connectivity index (χ0) is 13.8. The molecule has 6 nitrogen and oxygen atoms in total. The van der Waals surface area contributed by atoms with E-state index in [0.29, 0.717) is 32.0 Å². The Kier molecular flexibility index (Phi) is 4.93. The van der Waals surface area contributed by atoms with Gasteiger partial charge in [-0.2, -0.15) is 11.8 Å². The van der Waals surface area contributed by atoms with E-state index < -0.39 is 5.97 Å². The van der Waals surface area contributed by atoms with Crippen LogP contribution in [-0.4, -0.2) is 76.8 Å². The maximum Gasteiger partial charge on any atom is 0.320 e. The molecule has 0 aromatic rings. The standard InChI is InChI=1S/C12H20N2O4S/c1-9-7-13(2-4-18-9)12(17)14-3-5-19-8-10(14)6-11(15)16/h9-10H,2-8H2,1H3,(H,15,16). The number of morpholine rings is 1. The van der Waals surface area contributed by atoms with Gasteiger partial charge in [-0.15, -0.1) is 0 Å². The summed E-state index contributed by atoms with van der Waals surface area (Å²) in [7, 11) is 0. The van der Waals surface area contributed by atoms with Crippen molar-refractivity contribution in [2.24, 2.45) is 0 Å². The van der Waals surface area contributed by atoms with Crippen molar-refractivity contribution in [1.29, 1.82) is 0 Å². The van der Waals surface area contributed by atoms with Gasteiger partial charge in [0.2, 0.25) is 0 Å². The normalized spacial score (nSPS) is 28.3. The van der Waals surface area contributed by atoms with Gasteiger partial charge in [0.25, 0.3) is 0 Å². The van der Waals surface area contributed by atoms with E-state index in [1.165, 1.54) is 0 Å². The third-order valence-electron chi connectivity index (χ3n) is 3.40. The van der Waals surface area contributed by atoms with E-state index in [1.807, 2.05) is 6.92 Å². The lowest BCUT2D eigenvalue weighted by molar-refractivity contribution is -0.138. The van der Waals surface area contributed by atoms with Gasteiger partial charge in [-0.3, -0.25) is 4.79 Å². The fraction of sp³-hybridized carbons (Fsp3) is 0.833. The molecule has 19 heavy (non-hydrogen) atoms. The SMILES string of the molecule is CC1CN(C(=O)N2CCSCC2CC(=O)O)CCO1. The highest BCUT2D eigenvalue weighted by atomic mass is 32.2. The fourth-order valence-electron chi connectivity index (χ4n) is 2.45. The second-order valence-corrected chi connectivity index (χ2v) is 6.08. The maximum absolute atomic E-state index is 12.5. The van der Waals surface area contributed by atoms with Crippen LogP contribution in [0.3, 0.4) is 0 Å². The zero-order valence-electron chi connectivity index (χ0n) is 11.1. The molecule has 0 spiro atoms. The van der Waals surface area contributed by atoms with Gasteiger partial charge >= 0.3 is 12.0 Å². The Balaban J connectivity index is 2.00. The monoisotopic (exact) mass is 288 g/mol. The van der Waals surface area contributed by atoms with Crippen LogP contribution in [0, 0.1) is 0 Å². The Morgan fingerprint density at radius 1 is 1.42 bits per heavy atom. The highest BCUT2D eigenvalue weighted by Gasteiger charge is 2.33. The Morgan fingerprint density at radius 2 is 2.21 bits per heavy atom. The second kappa shape index (κ2) is 6.47. The van der Waals surface area contributed by atoms with Gasteiger partial charge in [-0.25, -0.2) is 4.79 Å². The van der Waals surface area contributed by atoms with E-state index in [1.54, 1.807) is 21.6 Å². The molecule has 0 aromatic carbocycles. The predicted molar refractivity (Wildman–Crippen MR) is 72.5 cm³/mol. The molecule has 1 N–H and O–H groups in total. The van der Waals surface area contributed by atoms with Gasteiger partial charge in [0.05, 0.1) is 25.2 Å². The number of carboxylic acid groups (broad SMARTS) is 1. The minimum atomic E-state index is -0.847. The number of carbonyl (C=O) groups excluding carboxylic acids is 1. The Bertz CT molecular complexity index is 353. The van der Waals surface area contributed by atoms with Crippen LogP contribution in [0.15, 0.2) is 0 Å². The first-order valence-corrected chi connectivity index (χ1v) is 7.70. The number of ether oxygens (including phenoxy) is 1. The van der Waals surface area contributed by atoms with Crippen molar-refractivity contribution in [3.8, 4) is 0 Å². The number of hydrogen-bond donors (Lipinski definition) is 1. The maximum atomic E-state index is 12.5. The third kappa shape index (κ3) is 3.76. The van der Waals surface area contributed by atoms with Crippen molar-refractivity contribution in [1.82, 2.24) is 9.80 Å². The highest BCUT2D eigenvalue weighted by molar-refractivity contribution is 7.99. The number of thioether (sulfide) groups is 1. The van der Waals surface area contributed by atoms with Crippen molar-refractivity contribution in [2.45, 2.75) is 25.5 Å². The summed E-state index contributed by atoms with van der Waals surface area (Å²) in [6, 6.07) is -0.233. The Labute approximate surface area is 117 Å². The fourth-order valence-corrected chi connectivity index (χ4v) is 3.51. The first-order chi connectivity index (χ1) is 9.08. The first kappa shape index (κ1) is 14.5. The summed E-state index contributed by atoms with van der Waals surface area (Å²) in [6.07, 6.45) is 0.0772. The minimum absolute atomic E-state index is 0.0264. The number of aliphatic carboxylic acids is 1. The molecule has 2 aliphatic rings. The average molecular weight is 288 g/mol. The lowest BCUT2D eigenvalue weighted by Crippen LogP contribution is -2.55. The number of amides is 2. The van der Waals surface area contributed by atoms with Crippen molar-refractivity contribution < 1.29 is 19.4 Å². The molecule has 0 saturated carbocycles. The average Bonchev–Trinajstić information content (AvgIpc) is 2.38. The van der Waals surface area contributed by atoms with E-state index in [4.69, 9.17) is 9.84 Å². The molecular weight excluding hydrogens is 268 g/mol. The molecule has 0 radical (unpaired) electrons. The molecule has 2 heterocycles.